The Balaban J connectivity index is 2.52. The lowest BCUT2D eigenvalue weighted by molar-refractivity contribution is -0.389. The van der Waals surface area contributed by atoms with Gasteiger partial charge in [0.2, 0.25) is 5.91 Å². The molecule has 0 aliphatic carbocycles. The van der Waals surface area contributed by atoms with Gasteiger partial charge in [-0.3, -0.25) is 4.79 Å². The Kier molecular flexibility index (Phi) is 4.24. The summed E-state index contributed by atoms with van der Waals surface area (Å²) in [6, 6.07) is 0. The quantitative estimate of drug-likeness (QED) is 0.619. The van der Waals surface area contributed by atoms with Gasteiger partial charge in [0, 0.05) is 13.5 Å². The van der Waals surface area contributed by atoms with Crippen LogP contribution in [-0.2, 0) is 11.3 Å². The van der Waals surface area contributed by atoms with Crippen molar-refractivity contribution in [2.75, 3.05) is 7.05 Å². The van der Waals surface area contributed by atoms with Crippen LogP contribution in [0.15, 0.2) is 6.20 Å². The summed E-state index contributed by atoms with van der Waals surface area (Å²) in [6.45, 7) is 0.418. The molecule has 0 saturated heterocycles. The van der Waals surface area contributed by atoms with Gasteiger partial charge in [0.05, 0.1) is 17.8 Å². The molecule has 7 nitrogen and oxygen atoms in total. The van der Waals surface area contributed by atoms with Gasteiger partial charge in [-0.2, -0.15) is 4.68 Å². The average molecular weight is 247 g/mol. The molecule has 16 heavy (non-hydrogen) atoms. The molecule has 0 unspecified atom stereocenters. The fourth-order valence-electron chi connectivity index (χ4n) is 1.15. The lowest BCUT2D eigenvalue weighted by Gasteiger charge is -1.97. The summed E-state index contributed by atoms with van der Waals surface area (Å²) < 4.78 is 1.36. The second-order valence-corrected chi connectivity index (χ2v) is 3.50. The van der Waals surface area contributed by atoms with Crippen molar-refractivity contribution < 1.29 is 9.72 Å². The Labute approximate surface area is 96.5 Å². The van der Waals surface area contributed by atoms with Crippen LogP contribution in [0.3, 0.4) is 0 Å². The zero-order chi connectivity index (χ0) is 12.1. The molecule has 0 fully saturated rings. The molecule has 1 heterocycles. The summed E-state index contributed by atoms with van der Waals surface area (Å²) in [5.74, 6) is -0.436. The van der Waals surface area contributed by atoms with Crippen LogP contribution in [0.4, 0.5) is 5.82 Å². The van der Waals surface area contributed by atoms with Crippen LogP contribution >= 0.6 is 11.6 Å². The lowest BCUT2D eigenvalue weighted by Crippen LogP contribution is -2.17. The number of carbonyl (C=O) groups excluding carboxylic acids is 1. The fraction of sp³-hybridized carbons (Fsp3) is 0.500. The van der Waals surface area contributed by atoms with Crippen molar-refractivity contribution in [1.29, 1.82) is 0 Å². The second-order valence-electron chi connectivity index (χ2n) is 3.10. The molecular formula is C8H11ClN4O3. The van der Waals surface area contributed by atoms with Crippen molar-refractivity contribution >= 4 is 23.3 Å². The first kappa shape index (κ1) is 12.4. The Hall–Kier alpha value is -1.63. The van der Waals surface area contributed by atoms with Gasteiger partial charge < -0.3 is 15.4 Å². The highest BCUT2D eigenvalue weighted by Gasteiger charge is 2.18. The Morgan fingerprint density at radius 1 is 1.75 bits per heavy atom. The maximum Gasteiger partial charge on any atom is 0.408 e. The number of hydrogen-bond acceptors (Lipinski definition) is 4. The van der Waals surface area contributed by atoms with E-state index in [0.29, 0.717) is 19.4 Å². The zero-order valence-corrected chi connectivity index (χ0v) is 9.40. The largest absolute Gasteiger partial charge is 0.408 e. The number of amides is 1. The smallest absolute Gasteiger partial charge is 0.359 e. The highest BCUT2D eigenvalue weighted by atomic mass is 35.5. The van der Waals surface area contributed by atoms with E-state index in [1.807, 2.05) is 0 Å². The molecule has 0 saturated carbocycles. The van der Waals surface area contributed by atoms with Gasteiger partial charge in [0.15, 0.2) is 5.02 Å². The number of rotatable bonds is 5. The summed E-state index contributed by atoms with van der Waals surface area (Å²) >= 11 is 5.60. The summed E-state index contributed by atoms with van der Waals surface area (Å²) in [6.07, 6.45) is 2.28. The monoisotopic (exact) mass is 246 g/mol. The van der Waals surface area contributed by atoms with Crippen molar-refractivity contribution in [3.8, 4) is 0 Å². The minimum Gasteiger partial charge on any atom is -0.359 e. The molecule has 1 aromatic rings. The van der Waals surface area contributed by atoms with E-state index in [1.165, 1.54) is 10.9 Å². The van der Waals surface area contributed by atoms with E-state index in [9.17, 15) is 14.9 Å². The molecule has 0 radical (unpaired) electrons. The van der Waals surface area contributed by atoms with Crippen LogP contribution in [0, 0.1) is 10.1 Å². The Morgan fingerprint density at radius 3 is 2.94 bits per heavy atom. The maximum absolute atomic E-state index is 10.9. The number of carbonyl (C=O) groups is 1. The summed E-state index contributed by atoms with van der Waals surface area (Å²) in [4.78, 5) is 20.7. The molecule has 1 rings (SSSR count). The zero-order valence-electron chi connectivity index (χ0n) is 8.64. The molecule has 1 amide bonds. The molecule has 0 aliphatic heterocycles. The van der Waals surface area contributed by atoms with E-state index in [4.69, 9.17) is 11.6 Å². The highest BCUT2D eigenvalue weighted by Crippen LogP contribution is 2.21. The average Bonchev–Trinajstić information content (AvgIpc) is 2.59. The SMILES string of the molecule is CNC(=O)CCCn1cc(Cl)c([N+](=O)[O-])n1. The third-order valence-corrected chi connectivity index (χ3v) is 2.21. The summed E-state index contributed by atoms with van der Waals surface area (Å²) in [7, 11) is 1.55. The minimum absolute atomic E-state index is 0.00458. The predicted molar refractivity (Wildman–Crippen MR) is 57.2 cm³/mol. The van der Waals surface area contributed by atoms with Gasteiger partial charge in [0.25, 0.3) is 0 Å². The number of halogens is 1. The van der Waals surface area contributed by atoms with Crippen LogP contribution in [0.5, 0.6) is 0 Å². The van der Waals surface area contributed by atoms with Crippen molar-refractivity contribution in [1.82, 2.24) is 15.1 Å². The van der Waals surface area contributed by atoms with Crippen molar-refractivity contribution in [3.63, 3.8) is 0 Å². The minimum atomic E-state index is -0.641. The Morgan fingerprint density at radius 2 is 2.44 bits per heavy atom. The predicted octanol–water partition coefficient (Wildman–Crippen LogP) is 0.971. The van der Waals surface area contributed by atoms with E-state index >= 15 is 0 Å². The summed E-state index contributed by atoms with van der Waals surface area (Å²) in [5.41, 5.74) is 0. The number of aryl methyl sites for hydroxylation is 1. The second kappa shape index (κ2) is 5.45. The molecule has 8 heteroatoms. The molecule has 0 atom stereocenters. The normalized spacial score (nSPS) is 10.1. The third-order valence-electron chi connectivity index (χ3n) is 1.94. The van der Waals surface area contributed by atoms with Crippen molar-refractivity contribution in [2.24, 2.45) is 0 Å². The van der Waals surface area contributed by atoms with Gasteiger partial charge in [-0.05, 0) is 11.3 Å². The first-order chi connectivity index (χ1) is 7.54. The molecule has 0 aromatic carbocycles. The van der Waals surface area contributed by atoms with E-state index < -0.39 is 4.92 Å². The van der Waals surface area contributed by atoms with E-state index in [0.717, 1.165) is 0 Å². The van der Waals surface area contributed by atoms with Crippen LogP contribution in [0.2, 0.25) is 5.02 Å². The number of nitrogens with zero attached hydrogens (tertiary/aromatic N) is 3. The van der Waals surface area contributed by atoms with Crippen LogP contribution < -0.4 is 5.32 Å². The van der Waals surface area contributed by atoms with Gasteiger partial charge in [-0.25, -0.2) is 0 Å². The van der Waals surface area contributed by atoms with Gasteiger partial charge in [-0.15, -0.1) is 0 Å². The first-order valence-electron chi connectivity index (χ1n) is 4.62. The lowest BCUT2D eigenvalue weighted by atomic mass is 10.3. The Bertz CT molecular complexity index is 404. The van der Waals surface area contributed by atoms with Crippen LogP contribution in [-0.4, -0.2) is 27.7 Å². The molecule has 1 aromatic heterocycles. The third kappa shape index (κ3) is 3.20. The van der Waals surface area contributed by atoms with E-state index in [1.54, 1.807) is 7.05 Å². The van der Waals surface area contributed by atoms with Crippen LogP contribution in [0.1, 0.15) is 12.8 Å². The van der Waals surface area contributed by atoms with E-state index in [2.05, 4.69) is 10.4 Å². The van der Waals surface area contributed by atoms with Gasteiger partial charge in [-0.1, -0.05) is 11.6 Å². The molecule has 88 valence electrons. The number of hydrogen-bond donors (Lipinski definition) is 1. The molecule has 1 N–H and O–H groups in total. The number of aromatic nitrogens is 2. The number of nitro groups is 1. The standard InChI is InChI=1S/C8H11ClN4O3/c1-10-7(14)3-2-4-12-5-6(9)8(11-12)13(15)16/h5H,2-4H2,1H3,(H,10,14). The molecular weight excluding hydrogens is 236 g/mol. The van der Waals surface area contributed by atoms with Crippen LogP contribution in [0.25, 0.3) is 0 Å². The first-order valence-corrected chi connectivity index (χ1v) is 5.00. The molecule has 0 spiro atoms. The number of nitrogens with one attached hydrogen (secondary N) is 1. The van der Waals surface area contributed by atoms with Gasteiger partial charge in [0.1, 0.15) is 0 Å². The summed E-state index contributed by atoms with van der Waals surface area (Å²) in [5, 5.41) is 16.6. The topological polar surface area (TPSA) is 90.1 Å². The van der Waals surface area contributed by atoms with Crippen molar-refractivity contribution in [2.45, 2.75) is 19.4 Å². The van der Waals surface area contributed by atoms with E-state index in [-0.39, 0.29) is 16.7 Å². The molecule has 0 aliphatic rings. The highest BCUT2D eigenvalue weighted by molar-refractivity contribution is 6.32. The van der Waals surface area contributed by atoms with Gasteiger partial charge >= 0.3 is 5.82 Å². The molecule has 0 bridgehead atoms. The fourth-order valence-corrected chi connectivity index (χ4v) is 1.37. The van der Waals surface area contributed by atoms with Crippen molar-refractivity contribution in [3.05, 3.63) is 21.3 Å². The maximum atomic E-state index is 10.9.